The Bertz CT molecular complexity index is 311. The van der Waals surface area contributed by atoms with Crippen molar-refractivity contribution in [2.75, 3.05) is 6.54 Å². The zero-order valence-electron chi connectivity index (χ0n) is 8.61. The van der Waals surface area contributed by atoms with Crippen LogP contribution in [0.5, 0.6) is 0 Å². The summed E-state index contributed by atoms with van der Waals surface area (Å²) in [6.07, 6.45) is 1.60. The van der Waals surface area contributed by atoms with Crippen LogP contribution in [0.25, 0.3) is 0 Å². The maximum Gasteiger partial charge on any atom is 0.107 e. The van der Waals surface area contributed by atoms with E-state index in [4.69, 9.17) is 0 Å². The average Bonchev–Trinajstić information content (AvgIpc) is 2.27. The van der Waals surface area contributed by atoms with Crippen molar-refractivity contribution in [3.8, 4) is 0 Å². The van der Waals surface area contributed by atoms with Gasteiger partial charge in [0, 0.05) is 13.1 Å². The van der Waals surface area contributed by atoms with Crippen LogP contribution in [0.3, 0.4) is 0 Å². The molecule has 2 heteroatoms. The van der Waals surface area contributed by atoms with Crippen molar-refractivity contribution in [3.05, 3.63) is 35.4 Å². The molecule has 0 aromatic heterocycles. The first kappa shape index (κ1) is 9.69. The lowest BCUT2D eigenvalue weighted by molar-refractivity contribution is -0.00789. The lowest BCUT2D eigenvalue weighted by Gasteiger charge is -2.32. The Morgan fingerprint density at radius 3 is 2.79 bits per heavy atom. The third-order valence-electron chi connectivity index (χ3n) is 2.95. The first-order valence-electron chi connectivity index (χ1n) is 5.30. The van der Waals surface area contributed by atoms with E-state index < -0.39 is 0 Å². The lowest BCUT2D eigenvalue weighted by Crippen LogP contribution is -2.38. The van der Waals surface area contributed by atoms with E-state index in [-0.39, 0.29) is 6.23 Å². The summed E-state index contributed by atoms with van der Waals surface area (Å²) in [5.74, 6) is 0. The summed E-state index contributed by atoms with van der Waals surface area (Å²) < 4.78 is 0. The first-order valence-corrected chi connectivity index (χ1v) is 5.30. The molecular weight excluding hydrogens is 174 g/mol. The van der Waals surface area contributed by atoms with Crippen LogP contribution in [0.2, 0.25) is 0 Å². The molecule has 1 aliphatic heterocycles. The molecule has 1 aromatic rings. The second kappa shape index (κ2) is 4.11. The number of aliphatic hydroxyl groups excluding tert-OH is 1. The number of rotatable bonds is 2. The Hall–Kier alpha value is -0.860. The SMILES string of the molecule is CCC(O)N1CCc2ccccc2C1. The highest BCUT2D eigenvalue weighted by Crippen LogP contribution is 2.20. The second-order valence-corrected chi connectivity index (χ2v) is 3.88. The minimum atomic E-state index is -0.275. The Balaban J connectivity index is 2.13. The van der Waals surface area contributed by atoms with Crippen LogP contribution >= 0.6 is 0 Å². The van der Waals surface area contributed by atoms with Crippen molar-refractivity contribution in [1.82, 2.24) is 4.90 Å². The van der Waals surface area contributed by atoms with E-state index in [0.717, 1.165) is 25.9 Å². The number of benzene rings is 1. The molecule has 2 nitrogen and oxygen atoms in total. The standard InChI is InChI=1S/C12H17NO/c1-2-12(14)13-8-7-10-5-3-4-6-11(10)9-13/h3-6,12,14H,2,7-9H2,1H3. The predicted octanol–water partition coefficient (Wildman–Crippen LogP) is 1.77. The molecule has 0 fully saturated rings. The molecule has 2 rings (SSSR count). The van der Waals surface area contributed by atoms with Crippen LogP contribution in [-0.2, 0) is 13.0 Å². The Morgan fingerprint density at radius 2 is 2.07 bits per heavy atom. The van der Waals surface area contributed by atoms with Crippen LogP contribution in [0.1, 0.15) is 24.5 Å². The number of aliphatic hydroxyl groups is 1. The quantitative estimate of drug-likeness (QED) is 0.770. The van der Waals surface area contributed by atoms with Crippen molar-refractivity contribution < 1.29 is 5.11 Å². The van der Waals surface area contributed by atoms with Gasteiger partial charge in [-0.1, -0.05) is 31.2 Å². The zero-order valence-corrected chi connectivity index (χ0v) is 8.61. The molecule has 0 saturated carbocycles. The van der Waals surface area contributed by atoms with Gasteiger partial charge in [-0.05, 0) is 24.0 Å². The van der Waals surface area contributed by atoms with Crippen molar-refractivity contribution in [1.29, 1.82) is 0 Å². The molecule has 0 radical (unpaired) electrons. The van der Waals surface area contributed by atoms with Crippen LogP contribution in [-0.4, -0.2) is 22.8 Å². The predicted molar refractivity (Wildman–Crippen MR) is 56.9 cm³/mol. The summed E-state index contributed by atoms with van der Waals surface area (Å²) in [7, 11) is 0. The number of hydrogen-bond donors (Lipinski definition) is 1. The van der Waals surface area contributed by atoms with E-state index in [2.05, 4.69) is 29.2 Å². The molecule has 1 aromatic carbocycles. The molecular formula is C12H17NO. The molecule has 1 atom stereocenters. The topological polar surface area (TPSA) is 23.5 Å². The number of nitrogens with zero attached hydrogens (tertiary/aromatic N) is 1. The van der Waals surface area contributed by atoms with E-state index in [9.17, 15) is 5.11 Å². The normalized spacial score (nSPS) is 19.0. The monoisotopic (exact) mass is 191 g/mol. The van der Waals surface area contributed by atoms with Gasteiger partial charge in [-0.2, -0.15) is 0 Å². The Morgan fingerprint density at radius 1 is 1.36 bits per heavy atom. The zero-order chi connectivity index (χ0) is 9.97. The lowest BCUT2D eigenvalue weighted by atomic mass is 10.00. The van der Waals surface area contributed by atoms with Crippen LogP contribution < -0.4 is 0 Å². The van der Waals surface area contributed by atoms with Gasteiger partial charge in [0.15, 0.2) is 0 Å². The molecule has 1 aliphatic rings. The Labute approximate surface area is 85.2 Å². The van der Waals surface area contributed by atoms with Crippen molar-refractivity contribution in [2.24, 2.45) is 0 Å². The molecule has 0 spiro atoms. The van der Waals surface area contributed by atoms with Gasteiger partial charge in [0.2, 0.25) is 0 Å². The molecule has 0 saturated heterocycles. The summed E-state index contributed by atoms with van der Waals surface area (Å²) in [6, 6.07) is 8.50. The minimum Gasteiger partial charge on any atom is -0.378 e. The number of hydrogen-bond acceptors (Lipinski definition) is 2. The largest absolute Gasteiger partial charge is 0.378 e. The van der Waals surface area contributed by atoms with Gasteiger partial charge < -0.3 is 5.11 Å². The van der Waals surface area contributed by atoms with Crippen molar-refractivity contribution in [2.45, 2.75) is 32.5 Å². The summed E-state index contributed by atoms with van der Waals surface area (Å²) in [5, 5.41) is 9.73. The molecule has 0 bridgehead atoms. The van der Waals surface area contributed by atoms with Gasteiger partial charge in [-0.15, -0.1) is 0 Å². The van der Waals surface area contributed by atoms with E-state index in [1.807, 2.05) is 6.92 Å². The second-order valence-electron chi connectivity index (χ2n) is 3.88. The van der Waals surface area contributed by atoms with Crippen LogP contribution in [0, 0.1) is 0 Å². The van der Waals surface area contributed by atoms with Gasteiger partial charge in [0.1, 0.15) is 6.23 Å². The van der Waals surface area contributed by atoms with E-state index >= 15 is 0 Å². The molecule has 1 heterocycles. The van der Waals surface area contributed by atoms with Gasteiger partial charge in [-0.3, -0.25) is 4.90 Å². The van der Waals surface area contributed by atoms with Crippen molar-refractivity contribution >= 4 is 0 Å². The minimum absolute atomic E-state index is 0.275. The fraction of sp³-hybridized carbons (Fsp3) is 0.500. The fourth-order valence-corrected chi connectivity index (χ4v) is 2.03. The van der Waals surface area contributed by atoms with Gasteiger partial charge in [0.05, 0.1) is 0 Å². The summed E-state index contributed by atoms with van der Waals surface area (Å²) in [5.41, 5.74) is 2.80. The van der Waals surface area contributed by atoms with Gasteiger partial charge in [0.25, 0.3) is 0 Å². The van der Waals surface area contributed by atoms with E-state index in [1.54, 1.807) is 0 Å². The molecule has 14 heavy (non-hydrogen) atoms. The summed E-state index contributed by atoms with van der Waals surface area (Å²) in [6.45, 7) is 3.89. The molecule has 0 amide bonds. The molecule has 76 valence electrons. The van der Waals surface area contributed by atoms with Gasteiger partial charge in [-0.25, -0.2) is 0 Å². The van der Waals surface area contributed by atoms with Crippen LogP contribution in [0.15, 0.2) is 24.3 Å². The summed E-state index contributed by atoms with van der Waals surface area (Å²) in [4.78, 5) is 2.14. The highest BCUT2D eigenvalue weighted by atomic mass is 16.3. The fourth-order valence-electron chi connectivity index (χ4n) is 2.03. The third kappa shape index (κ3) is 1.81. The number of fused-ring (bicyclic) bond motifs is 1. The first-order chi connectivity index (χ1) is 6.81. The smallest absolute Gasteiger partial charge is 0.107 e. The maximum atomic E-state index is 9.73. The van der Waals surface area contributed by atoms with Gasteiger partial charge >= 0.3 is 0 Å². The summed E-state index contributed by atoms with van der Waals surface area (Å²) >= 11 is 0. The molecule has 1 N–H and O–H groups in total. The van der Waals surface area contributed by atoms with E-state index in [0.29, 0.717) is 0 Å². The molecule has 0 aliphatic carbocycles. The molecule has 1 unspecified atom stereocenters. The average molecular weight is 191 g/mol. The highest BCUT2D eigenvalue weighted by molar-refractivity contribution is 5.29. The third-order valence-corrected chi connectivity index (χ3v) is 2.95. The van der Waals surface area contributed by atoms with Crippen LogP contribution in [0.4, 0.5) is 0 Å². The highest BCUT2D eigenvalue weighted by Gasteiger charge is 2.19. The Kier molecular flexibility index (Phi) is 2.85. The maximum absolute atomic E-state index is 9.73. The van der Waals surface area contributed by atoms with Crippen molar-refractivity contribution in [3.63, 3.8) is 0 Å². The van der Waals surface area contributed by atoms with E-state index in [1.165, 1.54) is 11.1 Å².